The Bertz CT molecular complexity index is 627. The Kier molecular flexibility index (Phi) is 3.81. The van der Waals surface area contributed by atoms with Crippen LogP contribution in [0, 0.1) is 0 Å². The summed E-state index contributed by atoms with van der Waals surface area (Å²) in [5, 5.41) is 9.26. The summed E-state index contributed by atoms with van der Waals surface area (Å²) in [7, 11) is 0. The van der Waals surface area contributed by atoms with Gasteiger partial charge in [-0.3, -0.25) is 14.9 Å². The molecular weight excluding hydrogens is 270 g/mol. The van der Waals surface area contributed by atoms with Crippen LogP contribution >= 0.6 is 0 Å². The second kappa shape index (κ2) is 5.90. The molecule has 2 N–H and O–H groups in total. The smallest absolute Gasteiger partial charge is 0.316 e. The Morgan fingerprint density at radius 3 is 2.71 bits per heavy atom. The van der Waals surface area contributed by atoms with Crippen molar-refractivity contribution in [3.63, 3.8) is 0 Å². The summed E-state index contributed by atoms with van der Waals surface area (Å²) in [6, 6.07) is 5.50. The molecule has 0 spiro atoms. The van der Waals surface area contributed by atoms with E-state index in [0.29, 0.717) is 5.65 Å². The summed E-state index contributed by atoms with van der Waals surface area (Å²) in [6.07, 6.45) is 6.99. The topological polar surface area (TPSA) is 88.4 Å². The average Bonchev–Trinajstić information content (AvgIpc) is 2.90. The maximum absolute atomic E-state index is 11.9. The highest BCUT2D eigenvalue weighted by molar-refractivity contribution is 6.39. The molecule has 1 fully saturated rings. The first-order valence-electron chi connectivity index (χ1n) is 7.15. The van der Waals surface area contributed by atoms with Crippen LogP contribution in [0.1, 0.15) is 32.1 Å². The largest absolute Gasteiger partial charge is 0.345 e. The van der Waals surface area contributed by atoms with Crippen LogP contribution < -0.4 is 10.6 Å². The number of carbonyl (C=O) groups excluding carboxylic acids is 2. The van der Waals surface area contributed by atoms with Crippen LogP contribution in [0.2, 0.25) is 0 Å². The van der Waals surface area contributed by atoms with Gasteiger partial charge >= 0.3 is 11.8 Å². The van der Waals surface area contributed by atoms with Crippen molar-refractivity contribution in [3.8, 4) is 0 Å². The van der Waals surface area contributed by atoms with E-state index in [1.165, 1.54) is 10.9 Å². The minimum absolute atomic E-state index is 0.103. The molecule has 2 heterocycles. The maximum atomic E-state index is 11.9. The molecule has 0 bridgehead atoms. The fourth-order valence-electron chi connectivity index (χ4n) is 2.54. The third-order valence-corrected chi connectivity index (χ3v) is 3.61. The van der Waals surface area contributed by atoms with Gasteiger partial charge < -0.3 is 5.32 Å². The van der Waals surface area contributed by atoms with Crippen molar-refractivity contribution in [2.75, 3.05) is 5.32 Å². The van der Waals surface area contributed by atoms with E-state index in [1.54, 1.807) is 12.3 Å². The number of anilines is 1. The third kappa shape index (κ3) is 3.18. The van der Waals surface area contributed by atoms with Crippen molar-refractivity contribution in [2.24, 2.45) is 0 Å². The van der Waals surface area contributed by atoms with Crippen LogP contribution in [0.4, 0.5) is 5.95 Å². The van der Waals surface area contributed by atoms with Gasteiger partial charge in [0.25, 0.3) is 0 Å². The summed E-state index contributed by atoms with van der Waals surface area (Å²) in [4.78, 5) is 27.8. The Labute approximate surface area is 121 Å². The second-order valence-corrected chi connectivity index (χ2v) is 5.20. The van der Waals surface area contributed by atoms with Gasteiger partial charge in [-0.25, -0.2) is 4.52 Å². The van der Waals surface area contributed by atoms with E-state index in [0.717, 1.165) is 25.7 Å². The zero-order valence-electron chi connectivity index (χ0n) is 11.6. The first-order valence-corrected chi connectivity index (χ1v) is 7.15. The number of fused-ring (bicyclic) bond motifs is 1. The first kappa shape index (κ1) is 13.5. The van der Waals surface area contributed by atoms with Gasteiger partial charge in [-0.1, -0.05) is 25.3 Å². The van der Waals surface area contributed by atoms with Crippen molar-refractivity contribution in [1.29, 1.82) is 0 Å². The molecule has 7 nitrogen and oxygen atoms in total. The van der Waals surface area contributed by atoms with E-state index in [4.69, 9.17) is 0 Å². The van der Waals surface area contributed by atoms with Gasteiger partial charge in [0.2, 0.25) is 5.95 Å². The third-order valence-electron chi connectivity index (χ3n) is 3.61. The van der Waals surface area contributed by atoms with E-state index in [2.05, 4.69) is 20.7 Å². The fourth-order valence-corrected chi connectivity index (χ4v) is 2.54. The van der Waals surface area contributed by atoms with Crippen LogP contribution in [0.25, 0.3) is 5.65 Å². The zero-order valence-corrected chi connectivity index (χ0v) is 11.6. The molecule has 0 aromatic carbocycles. The SMILES string of the molecule is O=C(Nc1nc2ccccn2n1)C(=O)NC1CCCCC1. The molecule has 2 aromatic heterocycles. The Morgan fingerprint density at radius 2 is 1.95 bits per heavy atom. The van der Waals surface area contributed by atoms with Crippen LogP contribution in [-0.4, -0.2) is 32.5 Å². The molecule has 21 heavy (non-hydrogen) atoms. The molecule has 1 aliphatic rings. The highest BCUT2D eigenvalue weighted by Gasteiger charge is 2.21. The molecule has 0 saturated heterocycles. The summed E-state index contributed by atoms with van der Waals surface area (Å²) < 4.78 is 1.54. The number of nitrogens with zero attached hydrogens (tertiary/aromatic N) is 3. The van der Waals surface area contributed by atoms with Crippen molar-refractivity contribution < 1.29 is 9.59 Å². The number of amides is 2. The Hall–Kier alpha value is -2.44. The molecule has 7 heteroatoms. The number of rotatable bonds is 2. The zero-order chi connectivity index (χ0) is 14.7. The summed E-state index contributed by atoms with van der Waals surface area (Å²) >= 11 is 0. The van der Waals surface area contributed by atoms with E-state index in [-0.39, 0.29) is 12.0 Å². The number of carbonyl (C=O) groups is 2. The lowest BCUT2D eigenvalue weighted by molar-refractivity contribution is -0.136. The standard InChI is InChI=1S/C14H17N5O2/c20-12(15-10-6-2-1-3-7-10)13(21)17-14-16-11-8-4-5-9-19(11)18-14/h4-5,8-10H,1-3,6-7H2,(H,15,20)(H,17,18,21). The number of aromatic nitrogens is 3. The molecule has 3 rings (SSSR count). The lowest BCUT2D eigenvalue weighted by Crippen LogP contribution is -2.42. The second-order valence-electron chi connectivity index (χ2n) is 5.20. The summed E-state index contributed by atoms with van der Waals surface area (Å²) in [5.74, 6) is -1.22. The lowest BCUT2D eigenvalue weighted by atomic mass is 9.95. The molecule has 2 amide bonds. The van der Waals surface area contributed by atoms with Crippen LogP contribution in [0.3, 0.4) is 0 Å². The minimum atomic E-state index is -0.725. The van der Waals surface area contributed by atoms with Gasteiger partial charge in [0.15, 0.2) is 5.65 Å². The van der Waals surface area contributed by atoms with Gasteiger partial charge in [-0.2, -0.15) is 4.98 Å². The molecule has 0 aliphatic heterocycles. The van der Waals surface area contributed by atoms with Gasteiger partial charge in [0, 0.05) is 12.2 Å². The number of hydrogen-bond donors (Lipinski definition) is 2. The van der Waals surface area contributed by atoms with Crippen LogP contribution in [0.15, 0.2) is 24.4 Å². The van der Waals surface area contributed by atoms with Crippen molar-refractivity contribution in [1.82, 2.24) is 19.9 Å². The van der Waals surface area contributed by atoms with E-state index < -0.39 is 11.8 Å². The minimum Gasteiger partial charge on any atom is -0.345 e. The average molecular weight is 287 g/mol. The number of hydrogen-bond acceptors (Lipinski definition) is 4. The molecule has 1 saturated carbocycles. The van der Waals surface area contributed by atoms with Crippen molar-refractivity contribution in [3.05, 3.63) is 24.4 Å². The summed E-state index contributed by atoms with van der Waals surface area (Å²) in [6.45, 7) is 0. The van der Waals surface area contributed by atoms with E-state index in [1.807, 2.05) is 12.1 Å². The monoisotopic (exact) mass is 287 g/mol. The first-order chi connectivity index (χ1) is 10.2. The highest BCUT2D eigenvalue weighted by atomic mass is 16.2. The lowest BCUT2D eigenvalue weighted by Gasteiger charge is -2.22. The molecule has 2 aromatic rings. The van der Waals surface area contributed by atoms with Gasteiger partial charge in [-0.15, -0.1) is 5.10 Å². The quantitative estimate of drug-likeness (QED) is 0.810. The maximum Gasteiger partial charge on any atom is 0.316 e. The summed E-state index contributed by atoms with van der Waals surface area (Å²) in [5.41, 5.74) is 0.612. The Balaban J connectivity index is 1.60. The molecular formula is C14H17N5O2. The van der Waals surface area contributed by atoms with Crippen molar-refractivity contribution >= 4 is 23.4 Å². The predicted octanol–water partition coefficient (Wildman–Crippen LogP) is 1.12. The van der Waals surface area contributed by atoms with Gasteiger partial charge in [0.1, 0.15) is 0 Å². The molecule has 0 unspecified atom stereocenters. The molecule has 1 aliphatic carbocycles. The highest BCUT2D eigenvalue weighted by Crippen LogP contribution is 2.17. The predicted molar refractivity (Wildman–Crippen MR) is 76.6 cm³/mol. The van der Waals surface area contributed by atoms with Gasteiger partial charge in [-0.05, 0) is 25.0 Å². The normalized spacial score (nSPS) is 15.8. The van der Waals surface area contributed by atoms with E-state index >= 15 is 0 Å². The van der Waals surface area contributed by atoms with E-state index in [9.17, 15) is 9.59 Å². The molecule has 0 radical (unpaired) electrons. The van der Waals surface area contributed by atoms with Crippen molar-refractivity contribution in [2.45, 2.75) is 38.1 Å². The van der Waals surface area contributed by atoms with Gasteiger partial charge in [0.05, 0.1) is 0 Å². The number of nitrogens with one attached hydrogen (secondary N) is 2. The Morgan fingerprint density at radius 1 is 1.14 bits per heavy atom. The molecule has 0 atom stereocenters. The molecule has 110 valence electrons. The fraction of sp³-hybridized carbons (Fsp3) is 0.429. The number of pyridine rings is 1. The van der Waals surface area contributed by atoms with Crippen LogP contribution in [0.5, 0.6) is 0 Å². The van der Waals surface area contributed by atoms with Crippen LogP contribution in [-0.2, 0) is 9.59 Å².